The zero-order valence-electron chi connectivity index (χ0n) is 9.20. The van der Waals surface area contributed by atoms with Crippen molar-refractivity contribution < 1.29 is 4.74 Å². The summed E-state index contributed by atoms with van der Waals surface area (Å²) in [5.74, 6) is 1.40. The lowest BCUT2D eigenvalue weighted by molar-refractivity contribution is 0.0665. The Labute approximate surface area is 90.7 Å². The number of hydrogen-bond donors (Lipinski definition) is 1. The molecule has 0 atom stereocenters. The molecule has 2 heterocycles. The van der Waals surface area contributed by atoms with Crippen LogP contribution in [0.3, 0.4) is 0 Å². The first-order valence-electron chi connectivity index (χ1n) is 5.54. The van der Waals surface area contributed by atoms with Gasteiger partial charge in [-0.05, 0) is 43.2 Å². The second-order valence-electron chi connectivity index (χ2n) is 4.32. The van der Waals surface area contributed by atoms with Crippen LogP contribution in [0.2, 0.25) is 0 Å². The number of hydrogen-bond acceptors (Lipinski definition) is 3. The maximum atomic E-state index is 5.86. The molecule has 1 aromatic rings. The van der Waals surface area contributed by atoms with E-state index < -0.39 is 0 Å². The number of rotatable bonds is 2. The van der Waals surface area contributed by atoms with Gasteiger partial charge in [0.25, 0.3) is 0 Å². The number of nitrogens with zero attached hydrogens (tertiary/aromatic N) is 1. The molecule has 0 amide bonds. The summed E-state index contributed by atoms with van der Waals surface area (Å²) < 4.78 is 5.34. The van der Waals surface area contributed by atoms with E-state index >= 15 is 0 Å². The fraction of sp³-hybridized carbons (Fsp3) is 0.583. The fourth-order valence-electron chi connectivity index (χ4n) is 2.07. The number of anilines is 1. The predicted octanol–water partition coefficient (Wildman–Crippen LogP) is 1.94. The van der Waals surface area contributed by atoms with E-state index in [2.05, 4.69) is 18.0 Å². The maximum Gasteiger partial charge on any atom is 0.126 e. The summed E-state index contributed by atoms with van der Waals surface area (Å²) in [6.45, 7) is 3.84. The number of nitrogens with two attached hydrogens (primary N) is 1. The van der Waals surface area contributed by atoms with Gasteiger partial charge in [0, 0.05) is 19.4 Å². The van der Waals surface area contributed by atoms with Crippen molar-refractivity contribution in [1.82, 2.24) is 4.98 Å². The van der Waals surface area contributed by atoms with Crippen molar-refractivity contribution in [1.29, 1.82) is 0 Å². The maximum absolute atomic E-state index is 5.86. The minimum absolute atomic E-state index is 0.687. The van der Waals surface area contributed by atoms with Crippen LogP contribution in [0.25, 0.3) is 0 Å². The Balaban J connectivity index is 2.05. The molecule has 1 aliphatic heterocycles. The molecule has 2 rings (SSSR count). The van der Waals surface area contributed by atoms with E-state index in [4.69, 9.17) is 10.5 Å². The van der Waals surface area contributed by atoms with Crippen molar-refractivity contribution in [3.8, 4) is 0 Å². The molecule has 1 aliphatic rings. The molecule has 1 fully saturated rings. The Morgan fingerprint density at radius 1 is 1.47 bits per heavy atom. The zero-order valence-corrected chi connectivity index (χ0v) is 9.20. The zero-order chi connectivity index (χ0) is 10.7. The lowest BCUT2D eigenvalue weighted by atomic mass is 9.92. The second kappa shape index (κ2) is 4.62. The standard InChI is InChI=1S/C12H18N2O/c1-9-6-11(12(13)14-8-9)7-10-2-4-15-5-3-10/h6,8,10H,2-5,7H2,1H3,(H2,13,14). The van der Waals surface area contributed by atoms with E-state index in [-0.39, 0.29) is 0 Å². The Hall–Kier alpha value is -1.09. The van der Waals surface area contributed by atoms with Crippen LogP contribution in [0.4, 0.5) is 5.82 Å². The van der Waals surface area contributed by atoms with Crippen LogP contribution in [-0.2, 0) is 11.2 Å². The highest BCUT2D eigenvalue weighted by Gasteiger charge is 2.15. The smallest absolute Gasteiger partial charge is 0.126 e. The van der Waals surface area contributed by atoms with Gasteiger partial charge in [0.2, 0.25) is 0 Å². The normalized spacial score (nSPS) is 17.9. The van der Waals surface area contributed by atoms with Gasteiger partial charge in [0.15, 0.2) is 0 Å². The quantitative estimate of drug-likeness (QED) is 0.804. The topological polar surface area (TPSA) is 48.1 Å². The summed E-state index contributed by atoms with van der Waals surface area (Å²) in [4.78, 5) is 4.19. The molecule has 3 heteroatoms. The first kappa shape index (κ1) is 10.4. The van der Waals surface area contributed by atoms with Crippen molar-refractivity contribution in [3.05, 3.63) is 23.4 Å². The summed E-state index contributed by atoms with van der Waals surface area (Å²) in [5, 5.41) is 0. The summed E-state index contributed by atoms with van der Waals surface area (Å²) in [7, 11) is 0. The van der Waals surface area contributed by atoms with Crippen molar-refractivity contribution in [2.45, 2.75) is 26.2 Å². The molecule has 0 saturated carbocycles. The molecular weight excluding hydrogens is 188 g/mol. The SMILES string of the molecule is Cc1cnc(N)c(CC2CCOCC2)c1. The highest BCUT2D eigenvalue weighted by molar-refractivity contribution is 5.40. The predicted molar refractivity (Wildman–Crippen MR) is 60.6 cm³/mol. The first-order valence-corrected chi connectivity index (χ1v) is 5.54. The summed E-state index contributed by atoms with van der Waals surface area (Å²) in [6.07, 6.45) is 5.16. The highest BCUT2D eigenvalue weighted by atomic mass is 16.5. The molecule has 2 N–H and O–H groups in total. The lowest BCUT2D eigenvalue weighted by Crippen LogP contribution is -2.18. The molecule has 1 saturated heterocycles. The van der Waals surface area contributed by atoms with Gasteiger partial charge in [0.1, 0.15) is 5.82 Å². The van der Waals surface area contributed by atoms with Gasteiger partial charge in [-0.25, -0.2) is 4.98 Å². The Morgan fingerprint density at radius 3 is 2.93 bits per heavy atom. The largest absolute Gasteiger partial charge is 0.383 e. The summed E-state index contributed by atoms with van der Waals surface area (Å²) in [6, 6.07) is 2.15. The van der Waals surface area contributed by atoms with E-state index in [9.17, 15) is 0 Å². The highest BCUT2D eigenvalue weighted by Crippen LogP contribution is 2.22. The van der Waals surface area contributed by atoms with E-state index in [1.807, 2.05) is 6.20 Å². The minimum Gasteiger partial charge on any atom is -0.383 e. The Kier molecular flexibility index (Phi) is 3.21. The first-order chi connectivity index (χ1) is 7.25. The average Bonchev–Trinajstić information content (AvgIpc) is 2.25. The van der Waals surface area contributed by atoms with Gasteiger partial charge in [0.05, 0.1) is 0 Å². The number of aromatic nitrogens is 1. The molecule has 82 valence electrons. The molecule has 0 aliphatic carbocycles. The van der Waals surface area contributed by atoms with E-state index in [1.165, 1.54) is 11.1 Å². The van der Waals surface area contributed by atoms with E-state index in [0.717, 1.165) is 32.5 Å². The summed E-state index contributed by atoms with van der Waals surface area (Å²) in [5.41, 5.74) is 8.25. The van der Waals surface area contributed by atoms with Crippen molar-refractivity contribution in [3.63, 3.8) is 0 Å². The fourth-order valence-corrected chi connectivity index (χ4v) is 2.07. The van der Waals surface area contributed by atoms with Gasteiger partial charge < -0.3 is 10.5 Å². The lowest BCUT2D eigenvalue weighted by Gasteiger charge is -2.22. The summed E-state index contributed by atoms with van der Waals surface area (Å²) >= 11 is 0. The Morgan fingerprint density at radius 2 is 2.20 bits per heavy atom. The number of ether oxygens (including phenoxy) is 1. The third-order valence-electron chi connectivity index (χ3n) is 2.99. The van der Waals surface area contributed by atoms with Crippen LogP contribution in [0.15, 0.2) is 12.3 Å². The third kappa shape index (κ3) is 2.69. The van der Waals surface area contributed by atoms with Crippen LogP contribution >= 0.6 is 0 Å². The Bertz CT molecular complexity index is 332. The van der Waals surface area contributed by atoms with Crippen molar-refractivity contribution in [2.75, 3.05) is 18.9 Å². The monoisotopic (exact) mass is 206 g/mol. The average molecular weight is 206 g/mol. The third-order valence-corrected chi connectivity index (χ3v) is 2.99. The molecule has 0 spiro atoms. The molecule has 0 aromatic carbocycles. The molecular formula is C12H18N2O. The van der Waals surface area contributed by atoms with Crippen molar-refractivity contribution >= 4 is 5.82 Å². The number of nitrogen functional groups attached to an aromatic ring is 1. The molecule has 0 radical (unpaired) electrons. The van der Waals surface area contributed by atoms with Crippen LogP contribution in [0, 0.1) is 12.8 Å². The molecule has 3 nitrogen and oxygen atoms in total. The number of aryl methyl sites for hydroxylation is 1. The van der Waals surface area contributed by atoms with Gasteiger partial charge >= 0.3 is 0 Å². The molecule has 15 heavy (non-hydrogen) atoms. The van der Waals surface area contributed by atoms with Gasteiger partial charge in [-0.15, -0.1) is 0 Å². The van der Waals surface area contributed by atoms with Gasteiger partial charge in [-0.3, -0.25) is 0 Å². The number of pyridine rings is 1. The molecule has 1 aromatic heterocycles. The molecule has 0 bridgehead atoms. The van der Waals surface area contributed by atoms with Crippen LogP contribution in [0.5, 0.6) is 0 Å². The van der Waals surface area contributed by atoms with E-state index in [0.29, 0.717) is 11.7 Å². The van der Waals surface area contributed by atoms with Crippen LogP contribution in [-0.4, -0.2) is 18.2 Å². The van der Waals surface area contributed by atoms with Gasteiger partial charge in [-0.2, -0.15) is 0 Å². The van der Waals surface area contributed by atoms with E-state index in [1.54, 1.807) is 0 Å². The van der Waals surface area contributed by atoms with Crippen LogP contribution < -0.4 is 5.73 Å². The second-order valence-corrected chi connectivity index (χ2v) is 4.32. The molecule has 0 unspecified atom stereocenters. The van der Waals surface area contributed by atoms with Crippen molar-refractivity contribution in [2.24, 2.45) is 5.92 Å². The minimum atomic E-state index is 0.687. The van der Waals surface area contributed by atoms with Gasteiger partial charge in [-0.1, -0.05) is 6.07 Å². The van der Waals surface area contributed by atoms with Crippen LogP contribution in [0.1, 0.15) is 24.0 Å².